The van der Waals surface area contributed by atoms with Crippen LogP contribution >= 0.6 is 0 Å². The van der Waals surface area contributed by atoms with Crippen molar-refractivity contribution in [1.82, 2.24) is 10.2 Å². The van der Waals surface area contributed by atoms with Crippen LogP contribution in [0.3, 0.4) is 0 Å². The van der Waals surface area contributed by atoms with Gasteiger partial charge in [-0.05, 0) is 48.7 Å². The largest absolute Gasteiger partial charge is 0.368 e. The zero-order valence-corrected chi connectivity index (χ0v) is 20.5. The molecule has 4 nitrogen and oxygen atoms in total. The van der Waals surface area contributed by atoms with Crippen LogP contribution in [0.1, 0.15) is 36.8 Å². The summed E-state index contributed by atoms with van der Waals surface area (Å²) in [7, 11) is 0. The van der Waals surface area contributed by atoms with E-state index in [2.05, 4.69) is 75.6 Å². The van der Waals surface area contributed by atoms with Crippen LogP contribution in [-0.4, -0.2) is 43.5 Å². The number of piperazine rings is 1. The number of carbonyl (C=O) groups excluding carboxylic acids is 1. The predicted molar refractivity (Wildman–Crippen MR) is 145 cm³/mol. The fourth-order valence-electron chi connectivity index (χ4n) is 4.63. The molecular formula is C31H35N3O. The van der Waals surface area contributed by atoms with Crippen LogP contribution in [0.4, 0.5) is 5.69 Å². The van der Waals surface area contributed by atoms with E-state index >= 15 is 0 Å². The minimum absolute atomic E-state index is 0.122. The molecule has 0 saturated carbocycles. The van der Waals surface area contributed by atoms with E-state index in [1.54, 1.807) is 0 Å². The molecule has 1 amide bonds. The van der Waals surface area contributed by atoms with Crippen molar-refractivity contribution in [2.24, 2.45) is 0 Å². The maximum Gasteiger partial charge on any atom is 0.220 e. The highest BCUT2D eigenvalue weighted by Gasteiger charge is 2.19. The van der Waals surface area contributed by atoms with Gasteiger partial charge < -0.3 is 10.2 Å². The Morgan fingerprint density at radius 1 is 0.829 bits per heavy atom. The highest BCUT2D eigenvalue weighted by atomic mass is 16.1. The number of rotatable bonds is 10. The Balaban J connectivity index is 1.12. The first kappa shape index (κ1) is 24.6. The lowest BCUT2D eigenvalue weighted by atomic mass is 10.0. The van der Waals surface area contributed by atoms with Crippen LogP contribution in [0.5, 0.6) is 0 Å². The third-order valence-corrected chi connectivity index (χ3v) is 6.69. The fourth-order valence-corrected chi connectivity index (χ4v) is 4.63. The first-order chi connectivity index (χ1) is 17.2. The van der Waals surface area contributed by atoms with E-state index in [9.17, 15) is 4.79 Å². The van der Waals surface area contributed by atoms with E-state index in [4.69, 9.17) is 6.42 Å². The smallest absolute Gasteiger partial charge is 0.220 e. The average molecular weight is 466 g/mol. The molecule has 0 bridgehead atoms. The summed E-state index contributed by atoms with van der Waals surface area (Å²) in [5.41, 5.74) is 5.85. The second-order valence-electron chi connectivity index (χ2n) is 9.14. The molecule has 4 heteroatoms. The molecule has 1 heterocycles. The van der Waals surface area contributed by atoms with Gasteiger partial charge in [0.15, 0.2) is 0 Å². The molecule has 0 unspecified atom stereocenters. The SMILES string of the molecule is C#Cc1ccc(CNC(=O)CCCCCN2CCN(c3ccccc3-c3ccccc3)CC2)cc1. The van der Waals surface area contributed by atoms with Crippen molar-refractivity contribution in [1.29, 1.82) is 0 Å². The Labute approximate surface area is 210 Å². The number of benzene rings is 3. The topological polar surface area (TPSA) is 35.6 Å². The number of para-hydroxylation sites is 1. The molecule has 1 fully saturated rings. The van der Waals surface area contributed by atoms with Crippen molar-refractivity contribution in [3.8, 4) is 23.5 Å². The summed E-state index contributed by atoms with van der Waals surface area (Å²) in [6.45, 7) is 5.94. The number of anilines is 1. The van der Waals surface area contributed by atoms with Crippen LogP contribution in [-0.2, 0) is 11.3 Å². The van der Waals surface area contributed by atoms with Gasteiger partial charge in [-0.2, -0.15) is 0 Å². The van der Waals surface area contributed by atoms with E-state index in [-0.39, 0.29) is 5.91 Å². The normalized spacial score (nSPS) is 13.9. The number of unbranched alkanes of at least 4 members (excludes halogenated alkanes) is 2. The lowest BCUT2D eigenvalue weighted by molar-refractivity contribution is -0.121. The fraction of sp³-hybridized carbons (Fsp3) is 0.323. The van der Waals surface area contributed by atoms with Gasteiger partial charge in [-0.15, -0.1) is 6.42 Å². The molecule has 0 radical (unpaired) electrons. The summed E-state index contributed by atoms with van der Waals surface area (Å²) in [5.74, 6) is 2.73. The maximum atomic E-state index is 12.1. The molecule has 1 aliphatic heterocycles. The van der Waals surface area contributed by atoms with Gasteiger partial charge in [0.25, 0.3) is 0 Å². The molecule has 1 aliphatic rings. The van der Waals surface area contributed by atoms with Gasteiger partial charge in [0.1, 0.15) is 0 Å². The lowest BCUT2D eigenvalue weighted by Gasteiger charge is -2.37. The van der Waals surface area contributed by atoms with E-state index in [1.807, 2.05) is 24.3 Å². The zero-order chi connectivity index (χ0) is 24.3. The summed E-state index contributed by atoms with van der Waals surface area (Å²) in [5, 5.41) is 3.01. The summed E-state index contributed by atoms with van der Waals surface area (Å²) in [6.07, 6.45) is 9.13. The highest BCUT2D eigenvalue weighted by molar-refractivity contribution is 5.78. The molecule has 1 saturated heterocycles. The molecule has 0 aromatic heterocycles. The van der Waals surface area contributed by atoms with Crippen molar-refractivity contribution in [2.45, 2.75) is 32.2 Å². The first-order valence-corrected chi connectivity index (χ1v) is 12.7. The Morgan fingerprint density at radius 3 is 2.29 bits per heavy atom. The Bertz CT molecular complexity index is 1110. The van der Waals surface area contributed by atoms with Gasteiger partial charge in [-0.25, -0.2) is 0 Å². The molecule has 3 aromatic rings. The van der Waals surface area contributed by atoms with Crippen molar-refractivity contribution >= 4 is 11.6 Å². The number of hydrogen-bond acceptors (Lipinski definition) is 3. The van der Waals surface area contributed by atoms with Crippen LogP contribution in [0.25, 0.3) is 11.1 Å². The van der Waals surface area contributed by atoms with Gasteiger partial charge in [0.05, 0.1) is 0 Å². The molecule has 1 N–H and O–H groups in total. The number of carbonyl (C=O) groups is 1. The van der Waals surface area contributed by atoms with E-state index in [0.717, 1.165) is 63.1 Å². The van der Waals surface area contributed by atoms with Gasteiger partial charge in [-0.3, -0.25) is 9.69 Å². The number of nitrogens with one attached hydrogen (secondary N) is 1. The minimum atomic E-state index is 0.122. The van der Waals surface area contributed by atoms with Crippen LogP contribution in [0.2, 0.25) is 0 Å². The average Bonchev–Trinajstić information content (AvgIpc) is 2.93. The Hall–Kier alpha value is -3.55. The van der Waals surface area contributed by atoms with Crippen molar-refractivity contribution in [3.05, 3.63) is 90.0 Å². The summed E-state index contributed by atoms with van der Waals surface area (Å²) >= 11 is 0. The monoisotopic (exact) mass is 465 g/mol. The number of terminal acetylenes is 1. The Kier molecular flexibility index (Phi) is 8.98. The molecule has 0 spiro atoms. The predicted octanol–water partition coefficient (Wildman–Crippen LogP) is 5.33. The molecule has 35 heavy (non-hydrogen) atoms. The van der Waals surface area contributed by atoms with Crippen LogP contribution in [0, 0.1) is 12.3 Å². The Morgan fingerprint density at radius 2 is 1.54 bits per heavy atom. The van der Waals surface area contributed by atoms with E-state index in [0.29, 0.717) is 13.0 Å². The number of amides is 1. The lowest BCUT2D eigenvalue weighted by Crippen LogP contribution is -2.46. The summed E-state index contributed by atoms with van der Waals surface area (Å²) in [6, 6.07) is 27.1. The van der Waals surface area contributed by atoms with Gasteiger partial charge in [0, 0.05) is 56.0 Å². The zero-order valence-electron chi connectivity index (χ0n) is 20.5. The molecule has 4 rings (SSSR count). The van der Waals surface area contributed by atoms with Gasteiger partial charge in [-0.1, -0.05) is 73.0 Å². The molecule has 180 valence electrons. The first-order valence-electron chi connectivity index (χ1n) is 12.7. The maximum absolute atomic E-state index is 12.1. The summed E-state index contributed by atoms with van der Waals surface area (Å²) in [4.78, 5) is 17.2. The van der Waals surface area contributed by atoms with Crippen LogP contribution in [0.15, 0.2) is 78.9 Å². The second kappa shape index (κ2) is 12.8. The second-order valence-corrected chi connectivity index (χ2v) is 9.14. The van der Waals surface area contributed by atoms with Crippen LogP contribution < -0.4 is 10.2 Å². The standard InChI is InChI=1S/C31H35N3O/c1-2-26-16-18-27(19-17-26)25-32-31(35)15-7-4-10-20-33-21-23-34(24-22-33)30-14-9-8-13-29(30)28-11-5-3-6-12-28/h1,3,5-6,8-9,11-14,16-19H,4,7,10,15,20-25H2,(H,32,35). The van der Waals surface area contributed by atoms with Crippen molar-refractivity contribution < 1.29 is 4.79 Å². The highest BCUT2D eigenvalue weighted by Crippen LogP contribution is 2.31. The quantitative estimate of drug-likeness (QED) is 0.325. The number of nitrogens with zero attached hydrogens (tertiary/aromatic N) is 2. The van der Waals surface area contributed by atoms with Crippen molar-refractivity contribution in [2.75, 3.05) is 37.6 Å². The molecule has 3 aromatic carbocycles. The third-order valence-electron chi connectivity index (χ3n) is 6.69. The van der Waals surface area contributed by atoms with E-state index in [1.165, 1.54) is 16.8 Å². The van der Waals surface area contributed by atoms with E-state index < -0.39 is 0 Å². The number of hydrogen-bond donors (Lipinski definition) is 1. The van der Waals surface area contributed by atoms with Crippen molar-refractivity contribution in [3.63, 3.8) is 0 Å². The molecule has 0 aliphatic carbocycles. The molecular weight excluding hydrogens is 430 g/mol. The summed E-state index contributed by atoms with van der Waals surface area (Å²) < 4.78 is 0. The minimum Gasteiger partial charge on any atom is -0.368 e. The van der Waals surface area contributed by atoms with Gasteiger partial charge >= 0.3 is 0 Å². The van der Waals surface area contributed by atoms with Gasteiger partial charge in [0.2, 0.25) is 5.91 Å². The third kappa shape index (κ3) is 7.21. The molecule has 0 atom stereocenters.